The summed E-state index contributed by atoms with van der Waals surface area (Å²) in [6.07, 6.45) is 2.70. The molecule has 1 unspecified atom stereocenters. The number of nitrogens with zero attached hydrogens (tertiary/aromatic N) is 1. The van der Waals surface area contributed by atoms with Crippen LogP contribution in [0.15, 0.2) is 24.4 Å². The second-order valence-corrected chi connectivity index (χ2v) is 5.07. The van der Waals surface area contributed by atoms with Gasteiger partial charge in [0.2, 0.25) is 0 Å². The van der Waals surface area contributed by atoms with Crippen molar-refractivity contribution in [3.63, 3.8) is 0 Å². The van der Waals surface area contributed by atoms with Crippen molar-refractivity contribution in [2.45, 2.75) is 19.4 Å². The third-order valence-corrected chi connectivity index (χ3v) is 3.32. The summed E-state index contributed by atoms with van der Waals surface area (Å²) in [5.74, 6) is 2.45. The Morgan fingerprint density at radius 3 is 2.80 bits per heavy atom. The van der Waals surface area contributed by atoms with Crippen LogP contribution in [0.5, 0.6) is 11.5 Å². The van der Waals surface area contributed by atoms with E-state index >= 15 is 0 Å². The Morgan fingerprint density at radius 1 is 1.30 bits per heavy atom. The van der Waals surface area contributed by atoms with Gasteiger partial charge in [-0.1, -0.05) is 0 Å². The molecule has 0 bridgehead atoms. The lowest BCUT2D eigenvalue weighted by atomic mass is 10.1. The van der Waals surface area contributed by atoms with Crippen LogP contribution < -0.4 is 20.5 Å². The van der Waals surface area contributed by atoms with Gasteiger partial charge in [-0.3, -0.25) is 0 Å². The second-order valence-electron chi connectivity index (χ2n) is 5.07. The van der Waals surface area contributed by atoms with E-state index in [1.807, 2.05) is 25.1 Å². The van der Waals surface area contributed by atoms with E-state index in [0.29, 0.717) is 13.2 Å². The van der Waals surface area contributed by atoms with E-state index in [2.05, 4.69) is 10.3 Å². The van der Waals surface area contributed by atoms with Crippen molar-refractivity contribution >= 4 is 16.6 Å². The number of pyridine rings is 1. The second kappa shape index (κ2) is 5.54. The molecule has 5 nitrogen and oxygen atoms in total. The van der Waals surface area contributed by atoms with Crippen LogP contribution in [0.3, 0.4) is 0 Å². The number of fused-ring (bicyclic) bond motifs is 2. The number of rotatable bonds is 4. The largest absolute Gasteiger partial charge is 0.486 e. The van der Waals surface area contributed by atoms with Crippen LogP contribution in [0.25, 0.3) is 10.8 Å². The molecule has 0 saturated carbocycles. The summed E-state index contributed by atoms with van der Waals surface area (Å²) in [6, 6.07) is 6.15. The van der Waals surface area contributed by atoms with Crippen molar-refractivity contribution in [1.82, 2.24) is 4.98 Å². The van der Waals surface area contributed by atoms with Gasteiger partial charge in [-0.2, -0.15) is 0 Å². The van der Waals surface area contributed by atoms with E-state index < -0.39 is 0 Å². The standard InChI is InChI=1S/C15H19N3O2/c1-10(16)2-4-17-15-12-9-14-13(19-6-7-20-14)8-11(12)3-5-18-15/h3,5,8-10H,2,4,6-7,16H2,1H3,(H,17,18). The minimum atomic E-state index is 0.182. The lowest BCUT2D eigenvalue weighted by molar-refractivity contribution is 0.172. The fourth-order valence-corrected chi connectivity index (χ4v) is 2.27. The zero-order valence-electron chi connectivity index (χ0n) is 11.6. The van der Waals surface area contributed by atoms with Crippen LogP contribution in [0.1, 0.15) is 13.3 Å². The predicted octanol–water partition coefficient (Wildman–Crippen LogP) is 2.16. The average Bonchev–Trinajstić information content (AvgIpc) is 2.45. The van der Waals surface area contributed by atoms with Crippen molar-refractivity contribution in [2.24, 2.45) is 5.73 Å². The zero-order chi connectivity index (χ0) is 13.9. The van der Waals surface area contributed by atoms with Crippen molar-refractivity contribution < 1.29 is 9.47 Å². The molecule has 20 heavy (non-hydrogen) atoms. The Bertz CT molecular complexity index is 613. The lowest BCUT2D eigenvalue weighted by Crippen LogP contribution is -2.19. The maximum absolute atomic E-state index is 5.76. The Balaban J connectivity index is 1.92. The Kier molecular flexibility index (Phi) is 3.60. The van der Waals surface area contributed by atoms with E-state index in [0.717, 1.165) is 41.1 Å². The predicted molar refractivity (Wildman–Crippen MR) is 79.5 cm³/mol. The van der Waals surface area contributed by atoms with Crippen LogP contribution >= 0.6 is 0 Å². The molecule has 0 radical (unpaired) electrons. The normalized spacial score (nSPS) is 15.1. The van der Waals surface area contributed by atoms with Crippen molar-refractivity contribution in [3.8, 4) is 11.5 Å². The first kappa shape index (κ1) is 13.0. The fraction of sp³-hybridized carbons (Fsp3) is 0.400. The molecule has 0 aliphatic carbocycles. The summed E-state index contributed by atoms with van der Waals surface area (Å²) in [7, 11) is 0. The van der Waals surface area contributed by atoms with Gasteiger partial charge in [0.05, 0.1) is 0 Å². The maximum atomic E-state index is 5.76. The van der Waals surface area contributed by atoms with Gasteiger partial charge in [-0.05, 0) is 36.9 Å². The van der Waals surface area contributed by atoms with Gasteiger partial charge in [0.25, 0.3) is 0 Å². The van der Waals surface area contributed by atoms with Crippen LogP contribution in [0, 0.1) is 0 Å². The molecule has 0 saturated heterocycles. The number of hydrogen-bond donors (Lipinski definition) is 2. The lowest BCUT2D eigenvalue weighted by Gasteiger charge is -2.19. The first-order valence-corrected chi connectivity index (χ1v) is 6.92. The van der Waals surface area contributed by atoms with Crippen LogP contribution in [0.4, 0.5) is 5.82 Å². The fourth-order valence-electron chi connectivity index (χ4n) is 2.27. The highest BCUT2D eigenvalue weighted by molar-refractivity contribution is 5.94. The third kappa shape index (κ3) is 2.63. The summed E-state index contributed by atoms with van der Waals surface area (Å²) in [6.45, 7) is 3.99. The quantitative estimate of drug-likeness (QED) is 0.893. The minimum absolute atomic E-state index is 0.182. The van der Waals surface area contributed by atoms with Crippen molar-refractivity contribution in [1.29, 1.82) is 0 Å². The number of nitrogens with two attached hydrogens (primary N) is 1. The first-order valence-electron chi connectivity index (χ1n) is 6.92. The molecule has 2 aromatic rings. The van der Waals surface area contributed by atoms with Crippen LogP contribution in [-0.4, -0.2) is 30.8 Å². The van der Waals surface area contributed by atoms with Crippen LogP contribution in [0.2, 0.25) is 0 Å². The average molecular weight is 273 g/mol. The van der Waals surface area contributed by atoms with Gasteiger partial charge in [0, 0.05) is 24.2 Å². The van der Waals surface area contributed by atoms with Gasteiger partial charge in [-0.25, -0.2) is 4.98 Å². The molecule has 1 aliphatic rings. The first-order chi connectivity index (χ1) is 9.74. The van der Waals surface area contributed by atoms with E-state index in [-0.39, 0.29) is 6.04 Å². The van der Waals surface area contributed by atoms with Gasteiger partial charge in [0.1, 0.15) is 19.0 Å². The molecule has 1 aromatic heterocycles. The molecule has 5 heteroatoms. The molecular weight excluding hydrogens is 254 g/mol. The SMILES string of the molecule is CC(N)CCNc1nccc2cc3c(cc12)OCCO3. The van der Waals surface area contributed by atoms with Gasteiger partial charge < -0.3 is 20.5 Å². The summed E-state index contributed by atoms with van der Waals surface area (Å²) < 4.78 is 11.2. The highest BCUT2D eigenvalue weighted by atomic mass is 16.6. The maximum Gasteiger partial charge on any atom is 0.162 e. The Labute approximate surface area is 118 Å². The third-order valence-electron chi connectivity index (χ3n) is 3.32. The molecule has 3 rings (SSSR count). The molecule has 1 aromatic carbocycles. The van der Waals surface area contributed by atoms with E-state index in [9.17, 15) is 0 Å². The van der Waals surface area contributed by atoms with E-state index in [1.165, 1.54) is 0 Å². The van der Waals surface area contributed by atoms with E-state index in [1.54, 1.807) is 6.20 Å². The van der Waals surface area contributed by atoms with E-state index in [4.69, 9.17) is 15.2 Å². The van der Waals surface area contributed by atoms with Gasteiger partial charge in [-0.15, -0.1) is 0 Å². The number of hydrogen-bond acceptors (Lipinski definition) is 5. The zero-order valence-corrected chi connectivity index (χ0v) is 11.6. The molecule has 0 amide bonds. The van der Waals surface area contributed by atoms with Crippen molar-refractivity contribution in [2.75, 3.05) is 25.1 Å². The Morgan fingerprint density at radius 2 is 2.05 bits per heavy atom. The Hall–Kier alpha value is -2.01. The van der Waals surface area contributed by atoms with Gasteiger partial charge in [0.15, 0.2) is 11.5 Å². The molecule has 0 spiro atoms. The summed E-state index contributed by atoms with van der Waals surface area (Å²) in [5.41, 5.74) is 5.76. The molecule has 0 fully saturated rings. The molecule has 1 aliphatic heterocycles. The minimum Gasteiger partial charge on any atom is -0.486 e. The summed E-state index contributed by atoms with van der Waals surface area (Å²) in [5, 5.41) is 5.47. The molecular formula is C15H19N3O2. The smallest absolute Gasteiger partial charge is 0.162 e. The summed E-state index contributed by atoms with van der Waals surface area (Å²) in [4.78, 5) is 4.40. The topological polar surface area (TPSA) is 69.4 Å². The number of ether oxygens (including phenoxy) is 2. The monoisotopic (exact) mass is 273 g/mol. The highest BCUT2D eigenvalue weighted by Gasteiger charge is 2.14. The number of benzene rings is 1. The number of nitrogens with one attached hydrogen (secondary N) is 1. The van der Waals surface area contributed by atoms with Gasteiger partial charge >= 0.3 is 0 Å². The molecule has 2 heterocycles. The summed E-state index contributed by atoms with van der Waals surface area (Å²) >= 11 is 0. The number of aromatic nitrogens is 1. The van der Waals surface area contributed by atoms with Crippen LogP contribution in [-0.2, 0) is 0 Å². The molecule has 106 valence electrons. The highest BCUT2D eigenvalue weighted by Crippen LogP contribution is 2.36. The van der Waals surface area contributed by atoms with Crippen molar-refractivity contribution in [3.05, 3.63) is 24.4 Å². The number of anilines is 1. The molecule has 1 atom stereocenters. The molecule has 3 N–H and O–H groups in total.